The number of nitrogens with one attached hydrogen (secondary N) is 1. The molecule has 1 fully saturated rings. The van der Waals surface area contributed by atoms with E-state index in [1.54, 1.807) is 18.3 Å². The van der Waals surface area contributed by atoms with Crippen molar-refractivity contribution in [2.24, 2.45) is 0 Å². The Balaban J connectivity index is 1.37. The number of benzene rings is 1. The number of halogens is 1. The monoisotopic (exact) mass is 346 g/mol. The van der Waals surface area contributed by atoms with Crippen LogP contribution in [0.3, 0.4) is 0 Å². The summed E-state index contributed by atoms with van der Waals surface area (Å²) in [4.78, 5) is 14.2. The van der Waals surface area contributed by atoms with Crippen molar-refractivity contribution in [3.05, 3.63) is 54.1 Å². The minimum absolute atomic E-state index is 0.00171. The predicted molar refractivity (Wildman–Crippen MR) is 91.5 cm³/mol. The maximum absolute atomic E-state index is 12.9. The summed E-state index contributed by atoms with van der Waals surface area (Å²) < 4.78 is 20.4. The Labute approximate surface area is 146 Å². The van der Waals surface area contributed by atoms with E-state index in [4.69, 9.17) is 4.74 Å². The lowest BCUT2D eigenvalue weighted by molar-refractivity contribution is -0.124. The van der Waals surface area contributed by atoms with E-state index >= 15 is 0 Å². The first-order chi connectivity index (χ1) is 12.2. The van der Waals surface area contributed by atoms with Crippen LogP contribution in [0.2, 0.25) is 0 Å². The van der Waals surface area contributed by atoms with E-state index in [9.17, 15) is 9.18 Å². The Hall–Kier alpha value is -2.25. The van der Waals surface area contributed by atoms with E-state index in [1.165, 1.54) is 12.1 Å². The maximum Gasteiger partial charge on any atom is 0.234 e. The van der Waals surface area contributed by atoms with Gasteiger partial charge in [0.2, 0.25) is 5.91 Å². The Morgan fingerprint density at radius 3 is 2.96 bits per heavy atom. The summed E-state index contributed by atoms with van der Waals surface area (Å²) >= 11 is 0. The topological polar surface area (TPSA) is 59.4 Å². The SMILES string of the molecule is O=C(CN1CCO[C@H](Cn2cccn2)C1)NCCc1ccc(F)cc1. The second kappa shape index (κ2) is 8.73. The highest BCUT2D eigenvalue weighted by molar-refractivity contribution is 5.78. The molecule has 0 unspecified atom stereocenters. The summed E-state index contributed by atoms with van der Waals surface area (Å²) in [6, 6.07) is 8.23. The second-order valence-corrected chi connectivity index (χ2v) is 6.18. The van der Waals surface area contributed by atoms with E-state index in [1.807, 2.05) is 16.9 Å². The average molecular weight is 346 g/mol. The lowest BCUT2D eigenvalue weighted by atomic mass is 10.1. The molecule has 134 valence electrons. The molecule has 1 aromatic carbocycles. The van der Waals surface area contributed by atoms with Crippen LogP contribution in [0.4, 0.5) is 4.39 Å². The third-order valence-corrected chi connectivity index (χ3v) is 4.19. The molecule has 2 aromatic rings. The van der Waals surface area contributed by atoms with Gasteiger partial charge in [-0.05, 0) is 30.2 Å². The molecule has 7 heteroatoms. The molecule has 0 radical (unpaired) electrons. The van der Waals surface area contributed by atoms with Crippen molar-refractivity contribution in [1.29, 1.82) is 0 Å². The van der Waals surface area contributed by atoms with Crippen LogP contribution in [0.1, 0.15) is 5.56 Å². The van der Waals surface area contributed by atoms with Crippen LogP contribution in [-0.2, 0) is 22.5 Å². The first kappa shape index (κ1) is 17.6. The number of carbonyl (C=O) groups excluding carboxylic acids is 1. The van der Waals surface area contributed by atoms with Gasteiger partial charge in [-0.25, -0.2) is 4.39 Å². The zero-order chi connectivity index (χ0) is 17.5. The lowest BCUT2D eigenvalue weighted by Gasteiger charge is -2.32. The summed E-state index contributed by atoms with van der Waals surface area (Å²) in [7, 11) is 0. The van der Waals surface area contributed by atoms with E-state index in [-0.39, 0.29) is 17.8 Å². The molecule has 25 heavy (non-hydrogen) atoms. The van der Waals surface area contributed by atoms with Gasteiger partial charge in [0.25, 0.3) is 0 Å². The maximum atomic E-state index is 12.9. The standard InChI is InChI=1S/C18H23FN4O2/c19-16-4-2-15(3-5-16)6-8-20-18(24)14-22-10-11-25-17(12-22)13-23-9-1-7-21-23/h1-5,7,9,17H,6,8,10-14H2,(H,20,24)/t17-/m0/s1. The molecule has 1 aromatic heterocycles. The molecule has 0 aliphatic carbocycles. The second-order valence-electron chi connectivity index (χ2n) is 6.18. The van der Waals surface area contributed by atoms with Crippen molar-refractivity contribution in [3.63, 3.8) is 0 Å². The highest BCUT2D eigenvalue weighted by Gasteiger charge is 2.22. The van der Waals surface area contributed by atoms with E-state index < -0.39 is 0 Å². The van der Waals surface area contributed by atoms with Gasteiger partial charge in [-0.3, -0.25) is 14.4 Å². The minimum atomic E-state index is -0.246. The fourth-order valence-electron chi connectivity index (χ4n) is 2.91. The fraction of sp³-hybridized carbons (Fsp3) is 0.444. The Bertz CT molecular complexity index is 660. The third kappa shape index (κ3) is 5.65. The highest BCUT2D eigenvalue weighted by Crippen LogP contribution is 2.07. The number of nitrogens with zero attached hydrogens (tertiary/aromatic N) is 3. The molecule has 0 bridgehead atoms. The molecule has 1 aliphatic rings. The number of morpholine rings is 1. The first-order valence-electron chi connectivity index (χ1n) is 8.51. The van der Waals surface area contributed by atoms with Crippen molar-refractivity contribution in [2.45, 2.75) is 19.1 Å². The van der Waals surface area contributed by atoms with Crippen LogP contribution in [-0.4, -0.2) is 59.5 Å². The molecule has 1 N–H and O–H groups in total. The third-order valence-electron chi connectivity index (χ3n) is 4.19. The van der Waals surface area contributed by atoms with Crippen molar-refractivity contribution >= 4 is 5.91 Å². The van der Waals surface area contributed by atoms with E-state index in [0.29, 0.717) is 39.2 Å². The van der Waals surface area contributed by atoms with Gasteiger partial charge in [-0.1, -0.05) is 12.1 Å². The summed E-state index contributed by atoms with van der Waals surface area (Å²) in [6.07, 6.45) is 4.39. The molecule has 2 heterocycles. The van der Waals surface area contributed by atoms with E-state index in [2.05, 4.69) is 15.3 Å². The van der Waals surface area contributed by atoms with Crippen LogP contribution in [0.5, 0.6) is 0 Å². The van der Waals surface area contributed by atoms with Crippen LogP contribution in [0.15, 0.2) is 42.7 Å². The van der Waals surface area contributed by atoms with Crippen LogP contribution >= 0.6 is 0 Å². The molecule has 1 atom stereocenters. The van der Waals surface area contributed by atoms with Gasteiger partial charge in [-0.2, -0.15) is 5.10 Å². The van der Waals surface area contributed by atoms with E-state index in [0.717, 1.165) is 12.1 Å². The Morgan fingerprint density at radius 1 is 1.36 bits per heavy atom. The number of carbonyl (C=O) groups is 1. The zero-order valence-electron chi connectivity index (χ0n) is 14.1. The molecule has 1 aliphatic heterocycles. The van der Waals surface area contributed by atoms with Gasteiger partial charge < -0.3 is 10.1 Å². The van der Waals surface area contributed by atoms with Crippen molar-refractivity contribution in [3.8, 4) is 0 Å². The largest absolute Gasteiger partial charge is 0.374 e. The van der Waals surface area contributed by atoms with Gasteiger partial charge >= 0.3 is 0 Å². The molecule has 3 rings (SSSR count). The Morgan fingerprint density at radius 2 is 2.20 bits per heavy atom. The normalized spacial score (nSPS) is 18.2. The van der Waals surface area contributed by atoms with Gasteiger partial charge in [0.1, 0.15) is 5.82 Å². The Kier molecular flexibility index (Phi) is 6.14. The zero-order valence-corrected chi connectivity index (χ0v) is 14.1. The van der Waals surface area contributed by atoms with Crippen LogP contribution in [0, 0.1) is 5.82 Å². The summed E-state index contributed by atoms with van der Waals surface area (Å²) in [5.74, 6) is -0.244. The number of amides is 1. The smallest absolute Gasteiger partial charge is 0.234 e. The van der Waals surface area contributed by atoms with Crippen molar-refractivity contribution in [1.82, 2.24) is 20.0 Å². The molecular weight excluding hydrogens is 323 g/mol. The highest BCUT2D eigenvalue weighted by atomic mass is 19.1. The quantitative estimate of drug-likeness (QED) is 0.815. The van der Waals surface area contributed by atoms with Crippen molar-refractivity contribution in [2.75, 3.05) is 32.8 Å². The summed E-state index contributed by atoms with van der Waals surface area (Å²) in [5.41, 5.74) is 1.01. The predicted octanol–water partition coefficient (Wildman–Crippen LogP) is 1.08. The van der Waals surface area contributed by atoms with Crippen LogP contribution < -0.4 is 5.32 Å². The number of hydrogen-bond donors (Lipinski definition) is 1. The minimum Gasteiger partial charge on any atom is -0.374 e. The molecule has 6 nitrogen and oxygen atoms in total. The van der Waals surface area contributed by atoms with Gasteiger partial charge in [-0.15, -0.1) is 0 Å². The van der Waals surface area contributed by atoms with Gasteiger partial charge in [0.15, 0.2) is 0 Å². The first-order valence-corrected chi connectivity index (χ1v) is 8.51. The molecule has 0 spiro atoms. The van der Waals surface area contributed by atoms with Crippen molar-refractivity contribution < 1.29 is 13.9 Å². The van der Waals surface area contributed by atoms with Crippen LogP contribution in [0.25, 0.3) is 0 Å². The molecule has 1 amide bonds. The number of hydrogen-bond acceptors (Lipinski definition) is 4. The molecule has 0 saturated carbocycles. The summed E-state index contributed by atoms with van der Waals surface area (Å²) in [5, 5.41) is 7.11. The average Bonchev–Trinajstić information content (AvgIpc) is 3.10. The molecular formula is C18H23FN4O2. The molecule has 1 saturated heterocycles. The lowest BCUT2D eigenvalue weighted by Crippen LogP contribution is -2.48. The van der Waals surface area contributed by atoms with Gasteiger partial charge in [0, 0.05) is 32.0 Å². The number of aromatic nitrogens is 2. The number of rotatable bonds is 7. The number of ether oxygens (including phenoxy) is 1. The van der Waals surface area contributed by atoms with Gasteiger partial charge in [0.05, 0.1) is 25.8 Å². The summed E-state index contributed by atoms with van der Waals surface area (Å²) in [6.45, 7) is 3.69. The fourth-order valence-corrected chi connectivity index (χ4v) is 2.91.